The van der Waals surface area contributed by atoms with E-state index in [-0.39, 0.29) is 24.6 Å². The van der Waals surface area contributed by atoms with Crippen LogP contribution in [0.3, 0.4) is 0 Å². The van der Waals surface area contributed by atoms with E-state index >= 15 is 0 Å². The molecule has 0 saturated carbocycles. The van der Waals surface area contributed by atoms with Gasteiger partial charge in [0.05, 0.1) is 12.2 Å². The van der Waals surface area contributed by atoms with Gasteiger partial charge in [0, 0.05) is 0 Å². The molecule has 0 heterocycles. The summed E-state index contributed by atoms with van der Waals surface area (Å²) in [5.74, 6) is 1.57. The fourth-order valence-corrected chi connectivity index (χ4v) is 3.47. The van der Waals surface area contributed by atoms with Crippen LogP contribution in [0.1, 0.15) is 69.8 Å². The van der Waals surface area contributed by atoms with Gasteiger partial charge in [-0.1, -0.05) is 65.0 Å². The summed E-state index contributed by atoms with van der Waals surface area (Å²) in [6.45, 7) is 13.7. The largest absolute Gasteiger partial charge is 0.465 e. The number of carbonyl (C=O) groups is 1. The van der Waals surface area contributed by atoms with Gasteiger partial charge in [-0.15, -0.1) is 0 Å². The second kappa shape index (κ2) is 11.2. The highest BCUT2D eigenvalue weighted by Crippen LogP contribution is 2.40. The van der Waals surface area contributed by atoms with Crippen LogP contribution >= 0.6 is 0 Å². The van der Waals surface area contributed by atoms with Crippen molar-refractivity contribution in [3.8, 4) is 5.75 Å². The molecule has 4 heteroatoms. The van der Waals surface area contributed by atoms with Gasteiger partial charge in [-0.3, -0.25) is 0 Å². The van der Waals surface area contributed by atoms with E-state index in [1.165, 1.54) is 5.56 Å². The minimum absolute atomic E-state index is 0.183. The molecule has 0 spiro atoms. The van der Waals surface area contributed by atoms with Crippen molar-refractivity contribution in [1.29, 1.82) is 0 Å². The zero-order valence-corrected chi connectivity index (χ0v) is 19.2. The highest BCUT2D eigenvalue weighted by atomic mass is 16.7. The predicted molar refractivity (Wildman–Crippen MR) is 121 cm³/mol. The average molecular weight is 413 g/mol. The molecule has 0 saturated heterocycles. The van der Waals surface area contributed by atoms with Crippen LogP contribution in [-0.4, -0.2) is 25.5 Å². The normalized spacial score (nSPS) is 13.7. The summed E-state index contributed by atoms with van der Waals surface area (Å²) in [5.41, 5.74) is 2.08. The topological polar surface area (TPSA) is 44.8 Å². The first kappa shape index (κ1) is 23.9. The maximum atomic E-state index is 11.9. The molecule has 0 aliphatic rings. The van der Waals surface area contributed by atoms with Crippen molar-refractivity contribution in [2.45, 2.75) is 60.2 Å². The average Bonchev–Trinajstić information content (AvgIpc) is 2.70. The fraction of sp³-hybridized carbons (Fsp3) is 0.500. The van der Waals surface area contributed by atoms with Crippen LogP contribution < -0.4 is 4.74 Å². The summed E-state index contributed by atoms with van der Waals surface area (Å²) in [6.07, 6.45) is 0.727. The van der Waals surface area contributed by atoms with E-state index < -0.39 is 6.29 Å². The minimum Gasteiger partial charge on any atom is -0.465 e. The van der Waals surface area contributed by atoms with E-state index in [1.54, 1.807) is 24.3 Å². The Balaban J connectivity index is 1.80. The Labute approximate surface area is 181 Å². The molecule has 2 rings (SSSR count). The number of esters is 1. The third-order valence-electron chi connectivity index (χ3n) is 5.02. The molecule has 0 bridgehead atoms. The molecule has 0 amide bonds. The van der Waals surface area contributed by atoms with Crippen molar-refractivity contribution in [3.63, 3.8) is 0 Å². The number of benzene rings is 2. The SMILES string of the molecule is CC(C)CC(c1ccc(OC(C)OCCOC(=O)c2ccccc2)cc1)C(C)(C)C. The Kier molecular flexibility index (Phi) is 8.91. The van der Waals surface area contributed by atoms with Crippen LogP contribution in [0.15, 0.2) is 54.6 Å². The Hall–Kier alpha value is -2.33. The van der Waals surface area contributed by atoms with Crippen LogP contribution in [-0.2, 0) is 9.47 Å². The van der Waals surface area contributed by atoms with E-state index in [0.29, 0.717) is 17.4 Å². The van der Waals surface area contributed by atoms with Gasteiger partial charge in [0.25, 0.3) is 0 Å². The number of rotatable bonds is 10. The lowest BCUT2D eigenvalue weighted by Gasteiger charge is -2.32. The van der Waals surface area contributed by atoms with Crippen molar-refractivity contribution in [2.24, 2.45) is 11.3 Å². The molecule has 2 aromatic rings. The van der Waals surface area contributed by atoms with Gasteiger partial charge in [0.1, 0.15) is 12.4 Å². The predicted octanol–water partition coefficient (Wildman–Crippen LogP) is 6.46. The Bertz CT molecular complexity index is 760. The lowest BCUT2D eigenvalue weighted by Crippen LogP contribution is -2.21. The van der Waals surface area contributed by atoms with Crippen LogP contribution in [0.25, 0.3) is 0 Å². The highest BCUT2D eigenvalue weighted by Gasteiger charge is 2.26. The second-order valence-corrected chi connectivity index (χ2v) is 9.18. The van der Waals surface area contributed by atoms with Crippen molar-refractivity contribution in [1.82, 2.24) is 0 Å². The molecule has 4 nitrogen and oxygen atoms in total. The summed E-state index contributed by atoms with van der Waals surface area (Å²) in [7, 11) is 0. The second-order valence-electron chi connectivity index (χ2n) is 9.18. The van der Waals surface area contributed by atoms with Gasteiger partial charge in [0.15, 0.2) is 6.29 Å². The molecule has 2 atom stereocenters. The third-order valence-corrected chi connectivity index (χ3v) is 5.02. The zero-order chi connectivity index (χ0) is 22.1. The van der Waals surface area contributed by atoms with Crippen LogP contribution in [0.5, 0.6) is 5.75 Å². The molecule has 0 aliphatic heterocycles. The monoisotopic (exact) mass is 412 g/mol. The van der Waals surface area contributed by atoms with E-state index in [2.05, 4.69) is 46.8 Å². The van der Waals surface area contributed by atoms with Crippen molar-refractivity contribution in [3.05, 3.63) is 65.7 Å². The van der Waals surface area contributed by atoms with Gasteiger partial charge < -0.3 is 14.2 Å². The fourth-order valence-electron chi connectivity index (χ4n) is 3.47. The maximum Gasteiger partial charge on any atom is 0.338 e. The molecule has 0 radical (unpaired) electrons. The molecule has 164 valence electrons. The van der Waals surface area contributed by atoms with Crippen molar-refractivity contribution in [2.75, 3.05) is 13.2 Å². The molecular weight excluding hydrogens is 376 g/mol. The molecule has 0 aromatic heterocycles. The van der Waals surface area contributed by atoms with E-state index in [9.17, 15) is 4.79 Å². The third kappa shape index (κ3) is 7.83. The quantitative estimate of drug-likeness (QED) is 0.255. The van der Waals surface area contributed by atoms with Gasteiger partial charge in [-0.2, -0.15) is 0 Å². The standard InChI is InChI=1S/C26H36O4/c1-19(2)18-24(26(4,5)6)21-12-14-23(15-13-21)30-20(3)28-16-17-29-25(27)22-10-8-7-9-11-22/h7-15,19-20,24H,16-18H2,1-6H3. The van der Waals surface area contributed by atoms with E-state index in [4.69, 9.17) is 14.2 Å². The maximum absolute atomic E-state index is 11.9. The van der Waals surface area contributed by atoms with Crippen LogP contribution in [0.2, 0.25) is 0 Å². The van der Waals surface area contributed by atoms with Gasteiger partial charge in [0.2, 0.25) is 0 Å². The molecule has 2 unspecified atom stereocenters. The summed E-state index contributed by atoms with van der Waals surface area (Å²) in [4.78, 5) is 11.9. The Morgan fingerprint density at radius 3 is 2.10 bits per heavy atom. The van der Waals surface area contributed by atoms with Gasteiger partial charge in [-0.25, -0.2) is 4.79 Å². The molecule has 2 aromatic carbocycles. The first-order valence-electron chi connectivity index (χ1n) is 10.8. The zero-order valence-electron chi connectivity index (χ0n) is 19.2. The number of carbonyl (C=O) groups excluding carboxylic acids is 1. The Morgan fingerprint density at radius 1 is 0.900 bits per heavy atom. The number of ether oxygens (including phenoxy) is 3. The summed E-state index contributed by atoms with van der Waals surface area (Å²) in [5, 5.41) is 0. The molecule has 0 aliphatic carbocycles. The van der Waals surface area contributed by atoms with Gasteiger partial charge >= 0.3 is 5.97 Å². The van der Waals surface area contributed by atoms with E-state index in [0.717, 1.165) is 12.2 Å². The summed E-state index contributed by atoms with van der Waals surface area (Å²) in [6, 6.07) is 17.2. The summed E-state index contributed by atoms with van der Waals surface area (Å²) < 4.78 is 16.7. The van der Waals surface area contributed by atoms with Gasteiger partial charge in [-0.05, 0) is 60.4 Å². The summed E-state index contributed by atoms with van der Waals surface area (Å²) >= 11 is 0. The van der Waals surface area contributed by atoms with Crippen molar-refractivity contribution >= 4 is 5.97 Å². The lowest BCUT2D eigenvalue weighted by molar-refractivity contribution is -0.0784. The first-order chi connectivity index (χ1) is 14.2. The molecular formula is C26H36O4. The minimum atomic E-state index is -0.430. The van der Waals surface area contributed by atoms with E-state index in [1.807, 2.05) is 25.1 Å². The lowest BCUT2D eigenvalue weighted by atomic mass is 9.72. The molecule has 30 heavy (non-hydrogen) atoms. The smallest absolute Gasteiger partial charge is 0.338 e. The highest BCUT2D eigenvalue weighted by molar-refractivity contribution is 5.89. The Morgan fingerprint density at radius 2 is 1.53 bits per heavy atom. The van der Waals surface area contributed by atoms with Crippen LogP contribution in [0.4, 0.5) is 0 Å². The molecule has 0 fully saturated rings. The number of hydrogen-bond donors (Lipinski definition) is 0. The number of hydrogen-bond acceptors (Lipinski definition) is 4. The van der Waals surface area contributed by atoms with Crippen LogP contribution in [0, 0.1) is 11.3 Å². The first-order valence-corrected chi connectivity index (χ1v) is 10.8. The molecule has 0 N–H and O–H groups in total. The van der Waals surface area contributed by atoms with Crippen molar-refractivity contribution < 1.29 is 19.0 Å².